The topological polar surface area (TPSA) is 75.4 Å². The Balaban J connectivity index is 1.48. The molecule has 1 fully saturated rings. The predicted molar refractivity (Wildman–Crippen MR) is 120 cm³/mol. The molecule has 2 aromatic heterocycles. The Hall–Kier alpha value is -2.93. The fourth-order valence-electron chi connectivity index (χ4n) is 3.69. The second-order valence-corrected chi connectivity index (χ2v) is 8.38. The summed E-state index contributed by atoms with van der Waals surface area (Å²) in [4.78, 5) is 26.1. The summed E-state index contributed by atoms with van der Waals surface area (Å²) in [7, 11) is 0. The van der Waals surface area contributed by atoms with Gasteiger partial charge in [0.15, 0.2) is 5.82 Å². The molecular weight excluding hydrogens is 414 g/mol. The van der Waals surface area contributed by atoms with Crippen molar-refractivity contribution in [3.63, 3.8) is 0 Å². The van der Waals surface area contributed by atoms with Gasteiger partial charge in [-0.1, -0.05) is 48.8 Å². The first-order valence-corrected chi connectivity index (χ1v) is 11.0. The largest absolute Gasteiger partial charge is 0.354 e. The zero-order valence-corrected chi connectivity index (χ0v) is 18.5. The van der Waals surface area contributed by atoms with Crippen molar-refractivity contribution >= 4 is 23.3 Å². The molecule has 1 aliphatic heterocycles. The van der Waals surface area contributed by atoms with Gasteiger partial charge in [-0.2, -0.15) is 4.98 Å². The molecule has 4 rings (SSSR count). The number of hydrogen-bond acceptors (Lipinski definition) is 6. The number of amides is 1. The van der Waals surface area contributed by atoms with Gasteiger partial charge in [-0.25, -0.2) is 4.98 Å². The lowest BCUT2D eigenvalue weighted by Crippen LogP contribution is -2.36. The van der Waals surface area contributed by atoms with Crippen LogP contribution in [0.5, 0.6) is 0 Å². The zero-order valence-electron chi connectivity index (χ0n) is 17.8. The van der Waals surface area contributed by atoms with Crippen molar-refractivity contribution in [1.29, 1.82) is 0 Å². The van der Waals surface area contributed by atoms with Gasteiger partial charge in [0.25, 0.3) is 5.89 Å². The third-order valence-electron chi connectivity index (χ3n) is 5.42. The standard InChI is InChI=1S/C23H26ClN5O2/c1-16(2)21-26-23(31-27-21)18-8-5-10-25-22(18)29-12-6-11-28(13-14-29)20(30)15-17-7-3-4-9-19(17)24/h3-5,7-10,16H,6,11-15H2,1-2H3. The minimum absolute atomic E-state index is 0.0923. The quantitative estimate of drug-likeness (QED) is 0.593. The van der Waals surface area contributed by atoms with E-state index in [4.69, 9.17) is 16.1 Å². The average molecular weight is 440 g/mol. The maximum atomic E-state index is 12.9. The summed E-state index contributed by atoms with van der Waals surface area (Å²) in [6, 6.07) is 11.3. The molecule has 0 radical (unpaired) electrons. The molecule has 0 saturated carbocycles. The van der Waals surface area contributed by atoms with Gasteiger partial charge in [0.05, 0.1) is 12.0 Å². The molecule has 0 bridgehead atoms. The third kappa shape index (κ3) is 4.88. The number of nitrogens with zero attached hydrogens (tertiary/aromatic N) is 5. The van der Waals surface area contributed by atoms with Gasteiger partial charge in [-0.05, 0) is 30.2 Å². The molecule has 7 nitrogen and oxygen atoms in total. The predicted octanol–water partition coefficient (Wildman–Crippen LogP) is 4.19. The van der Waals surface area contributed by atoms with E-state index in [9.17, 15) is 4.79 Å². The van der Waals surface area contributed by atoms with Crippen molar-refractivity contribution in [2.45, 2.75) is 32.6 Å². The molecule has 1 aliphatic rings. The van der Waals surface area contributed by atoms with Crippen molar-refractivity contribution < 1.29 is 9.32 Å². The second-order valence-electron chi connectivity index (χ2n) is 7.98. The van der Waals surface area contributed by atoms with Crippen LogP contribution in [0.1, 0.15) is 37.6 Å². The Morgan fingerprint density at radius 2 is 1.97 bits per heavy atom. The summed E-state index contributed by atoms with van der Waals surface area (Å²) in [6.45, 7) is 6.87. The summed E-state index contributed by atoms with van der Waals surface area (Å²) in [5, 5.41) is 4.71. The van der Waals surface area contributed by atoms with Crippen LogP contribution >= 0.6 is 11.6 Å². The first-order valence-electron chi connectivity index (χ1n) is 10.6. The Kier molecular flexibility index (Phi) is 6.51. The Bertz CT molecular complexity index is 1050. The number of carbonyl (C=O) groups is 1. The van der Waals surface area contributed by atoms with E-state index < -0.39 is 0 Å². The molecule has 0 aliphatic carbocycles. The third-order valence-corrected chi connectivity index (χ3v) is 5.79. The van der Waals surface area contributed by atoms with Gasteiger partial charge in [0, 0.05) is 43.3 Å². The minimum Gasteiger partial charge on any atom is -0.354 e. The van der Waals surface area contributed by atoms with Crippen LogP contribution in [0.2, 0.25) is 5.02 Å². The van der Waals surface area contributed by atoms with Gasteiger partial charge in [0.2, 0.25) is 5.91 Å². The normalized spacial score (nSPS) is 14.7. The van der Waals surface area contributed by atoms with Gasteiger partial charge in [-0.15, -0.1) is 0 Å². The van der Waals surface area contributed by atoms with Gasteiger partial charge in [0.1, 0.15) is 5.82 Å². The van der Waals surface area contributed by atoms with Crippen LogP contribution in [0.4, 0.5) is 5.82 Å². The number of rotatable bonds is 5. The van der Waals surface area contributed by atoms with Gasteiger partial charge >= 0.3 is 0 Å². The van der Waals surface area contributed by atoms with Crippen LogP contribution in [-0.2, 0) is 11.2 Å². The van der Waals surface area contributed by atoms with Crippen molar-refractivity contribution in [2.75, 3.05) is 31.1 Å². The summed E-state index contributed by atoms with van der Waals surface area (Å²) >= 11 is 6.23. The molecule has 1 amide bonds. The molecule has 0 spiro atoms. The molecule has 1 aromatic carbocycles. The molecule has 3 heterocycles. The molecule has 0 N–H and O–H groups in total. The SMILES string of the molecule is CC(C)c1noc(-c2cccnc2N2CCCN(C(=O)Cc3ccccc3Cl)CC2)n1. The Morgan fingerprint density at radius 1 is 1.13 bits per heavy atom. The van der Waals surface area contributed by atoms with E-state index in [-0.39, 0.29) is 11.8 Å². The molecule has 0 unspecified atom stereocenters. The lowest BCUT2D eigenvalue weighted by atomic mass is 10.1. The number of carbonyl (C=O) groups excluding carboxylic acids is 1. The van der Waals surface area contributed by atoms with Crippen LogP contribution in [0, 0.1) is 0 Å². The van der Waals surface area contributed by atoms with Crippen molar-refractivity contribution in [3.8, 4) is 11.5 Å². The number of benzene rings is 1. The summed E-state index contributed by atoms with van der Waals surface area (Å²) in [5.74, 6) is 2.24. The lowest BCUT2D eigenvalue weighted by molar-refractivity contribution is -0.130. The number of aromatic nitrogens is 3. The average Bonchev–Trinajstić information content (AvgIpc) is 3.14. The van der Waals surface area contributed by atoms with Crippen LogP contribution in [0.15, 0.2) is 47.1 Å². The van der Waals surface area contributed by atoms with Crippen LogP contribution < -0.4 is 4.90 Å². The highest BCUT2D eigenvalue weighted by atomic mass is 35.5. The first kappa shape index (κ1) is 21.3. The van der Waals surface area contributed by atoms with Crippen molar-refractivity contribution in [1.82, 2.24) is 20.0 Å². The smallest absolute Gasteiger partial charge is 0.261 e. The molecule has 31 heavy (non-hydrogen) atoms. The van der Waals surface area contributed by atoms with Gasteiger partial charge < -0.3 is 14.3 Å². The van der Waals surface area contributed by atoms with E-state index in [1.165, 1.54) is 0 Å². The lowest BCUT2D eigenvalue weighted by Gasteiger charge is -2.24. The fourth-order valence-corrected chi connectivity index (χ4v) is 3.89. The maximum Gasteiger partial charge on any atom is 0.261 e. The number of anilines is 1. The Morgan fingerprint density at radius 3 is 2.74 bits per heavy atom. The summed E-state index contributed by atoms with van der Waals surface area (Å²) < 4.78 is 5.51. The molecule has 0 atom stereocenters. The highest BCUT2D eigenvalue weighted by Gasteiger charge is 2.24. The van der Waals surface area contributed by atoms with Crippen LogP contribution in [0.25, 0.3) is 11.5 Å². The molecule has 162 valence electrons. The van der Waals surface area contributed by atoms with E-state index in [0.717, 1.165) is 29.9 Å². The van der Waals surface area contributed by atoms with Crippen LogP contribution in [-0.4, -0.2) is 52.1 Å². The van der Waals surface area contributed by atoms with Crippen LogP contribution in [0.3, 0.4) is 0 Å². The first-order chi connectivity index (χ1) is 15.0. The van der Waals surface area contributed by atoms with E-state index in [0.29, 0.717) is 42.8 Å². The molecule has 8 heteroatoms. The minimum atomic E-state index is 0.0923. The molecule has 1 saturated heterocycles. The van der Waals surface area contributed by atoms with Crippen molar-refractivity contribution in [3.05, 3.63) is 59.0 Å². The number of pyridine rings is 1. The second kappa shape index (κ2) is 9.47. The highest BCUT2D eigenvalue weighted by molar-refractivity contribution is 6.31. The maximum absolute atomic E-state index is 12.9. The van der Waals surface area contributed by atoms with E-state index in [1.54, 1.807) is 6.20 Å². The number of halogens is 1. The Labute approximate surface area is 187 Å². The molecular formula is C23H26ClN5O2. The summed E-state index contributed by atoms with van der Waals surface area (Å²) in [5.41, 5.74) is 1.68. The van der Waals surface area contributed by atoms with E-state index in [2.05, 4.69) is 20.0 Å². The fraction of sp³-hybridized carbons (Fsp3) is 0.391. The summed E-state index contributed by atoms with van der Waals surface area (Å²) in [6.07, 6.45) is 2.93. The zero-order chi connectivity index (χ0) is 21.8. The molecule has 3 aromatic rings. The van der Waals surface area contributed by atoms with E-state index >= 15 is 0 Å². The van der Waals surface area contributed by atoms with E-state index in [1.807, 2.05) is 55.1 Å². The number of hydrogen-bond donors (Lipinski definition) is 0. The van der Waals surface area contributed by atoms with Crippen molar-refractivity contribution in [2.24, 2.45) is 0 Å². The highest BCUT2D eigenvalue weighted by Crippen LogP contribution is 2.29. The monoisotopic (exact) mass is 439 g/mol. The van der Waals surface area contributed by atoms with Gasteiger partial charge in [-0.3, -0.25) is 4.79 Å².